The summed E-state index contributed by atoms with van der Waals surface area (Å²) in [6.07, 6.45) is 92.4. The number of esters is 3. The Kier molecular flexibility index (Phi) is 59.5. The predicted molar refractivity (Wildman–Crippen MR) is 334 cm³/mol. The molecule has 0 rings (SSSR count). The lowest BCUT2D eigenvalue weighted by molar-refractivity contribution is -0.167. The van der Waals surface area contributed by atoms with Crippen molar-refractivity contribution < 1.29 is 28.6 Å². The average molecular weight is 1060 g/mol. The van der Waals surface area contributed by atoms with Crippen LogP contribution in [-0.2, 0) is 28.6 Å². The van der Waals surface area contributed by atoms with Crippen LogP contribution in [0.4, 0.5) is 0 Å². The molecule has 0 saturated carbocycles. The monoisotopic (exact) mass is 1060 g/mol. The van der Waals surface area contributed by atoms with Crippen LogP contribution in [0.3, 0.4) is 0 Å². The van der Waals surface area contributed by atoms with Crippen LogP contribution in [-0.4, -0.2) is 37.2 Å². The highest BCUT2D eigenvalue weighted by Gasteiger charge is 2.19. The minimum atomic E-state index is -0.809. The average Bonchev–Trinajstić information content (AvgIpc) is 3.43. The highest BCUT2D eigenvalue weighted by Crippen LogP contribution is 2.13. The standard InChI is InChI=1S/C71H112O6/c1-4-7-10-13-16-19-22-24-26-28-30-32-33-34-35-36-37-39-40-42-44-46-49-52-55-58-61-64-70(73)76-67-68(66-75-69(72)63-60-57-54-51-48-21-18-15-12-9-6-3)77-71(74)65-62-59-56-53-50-47-45-43-41-38-31-29-27-25-23-20-17-14-11-8-5-2/h7-8,10-11,15-20,24-27,30-32,34-35,37-39,42-45,68H,4-6,9,12-14,21-23,28-29,33,36,40-41,46-67H2,1-3H3/b10-7-,11-8-,18-15-,19-16-,20-17-,26-24-,27-25-,32-30-,35-34-,38-31-,39-37-,44-42-,45-43-. The van der Waals surface area contributed by atoms with Crippen molar-refractivity contribution in [2.24, 2.45) is 0 Å². The maximum Gasteiger partial charge on any atom is 0.306 e. The van der Waals surface area contributed by atoms with E-state index in [1.54, 1.807) is 0 Å². The molecule has 0 fully saturated rings. The molecule has 6 heteroatoms. The number of carbonyl (C=O) groups is 3. The molecule has 0 aliphatic heterocycles. The molecule has 0 aliphatic rings. The summed E-state index contributed by atoms with van der Waals surface area (Å²) in [5.74, 6) is -0.957. The number of hydrogen-bond donors (Lipinski definition) is 0. The van der Waals surface area contributed by atoms with E-state index >= 15 is 0 Å². The van der Waals surface area contributed by atoms with Crippen molar-refractivity contribution in [3.8, 4) is 0 Å². The van der Waals surface area contributed by atoms with E-state index < -0.39 is 6.10 Å². The molecule has 1 atom stereocenters. The van der Waals surface area contributed by atoms with Gasteiger partial charge in [0, 0.05) is 19.3 Å². The second-order valence-corrected chi connectivity index (χ2v) is 19.8. The molecular weight excluding hydrogens is 949 g/mol. The van der Waals surface area contributed by atoms with Gasteiger partial charge in [-0.25, -0.2) is 0 Å². The Morgan fingerprint density at radius 2 is 0.506 bits per heavy atom. The lowest BCUT2D eigenvalue weighted by atomic mass is 10.1. The quantitative estimate of drug-likeness (QED) is 0.0261. The normalized spacial score (nSPS) is 13.2. The molecule has 0 saturated heterocycles. The summed E-state index contributed by atoms with van der Waals surface area (Å²) < 4.78 is 16.8. The zero-order valence-electron chi connectivity index (χ0n) is 49.4. The second kappa shape index (κ2) is 63.6. The Bertz CT molecular complexity index is 1740. The van der Waals surface area contributed by atoms with Gasteiger partial charge in [-0.05, 0) is 141 Å². The van der Waals surface area contributed by atoms with E-state index in [9.17, 15) is 14.4 Å². The van der Waals surface area contributed by atoms with E-state index in [4.69, 9.17) is 14.2 Å². The summed E-state index contributed by atoms with van der Waals surface area (Å²) in [5.41, 5.74) is 0. The van der Waals surface area contributed by atoms with Crippen LogP contribution in [0, 0.1) is 0 Å². The summed E-state index contributed by atoms with van der Waals surface area (Å²) >= 11 is 0. The number of allylic oxidation sites excluding steroid dienone is 26. The number of carbonyl (C=O) groups excluding carboxylic acids is 3. The Balaban J connectivity index is 4.42. The van der Waals surface area contributed by atoms with Crippen LogP contribution >= 0.6 is 0 Å². The van der Waals surface area contributed by atoms with E-state index in [0.717, 1.165) is 186 Å². The van der Waals surface area contributed by atoms with Gasteiger partial charge in [-0.15, -0.1) is 0 Å². The summed E-state index contributed by atoms with van der Waals surface area (Å²) in [5, 5.41) is 0. The zero-order chi connectivity index (χ0) is 55.7. The van der Waals surface area contributed by atoms with Gasteiger partial charge in [0.1, 0.15) is 13.2 Å². The molecule has 1 unspecified atom stereocenters. The number of ether oxygens (including phenoxy) is 3. The van der Waals surface area contributed by atoms with Gasteiger partial charge in [-0.2, -0.15) is 0 Å². The molecular formula is C71H112O6. The molecule has 0 amide bonds. The van der Waals surface area contributed by atoms with Gasteiger partial charge in [0.15, 0.2) is 6.10 Å². The summed E-state index contributed by atoms with van der Waals surface area (Å²) in [4.78, 5) is 38.2. The molecule has 432 valence electrons. The Labute approximate surface area is 473 Å². The molecule has 77 heavy (non-hydrogen) atoms. The van der Waals surface area contributed by atoms with Crippen molar-refractivity contribution in [3.63, 3.8) is 0 Å². The maximum atomic E-state index is 12.9. The van der Waals surface area contributed by atoms with E-state index in [1.165, 1.54) is 25.7 Å². The number of rotatable bonds is 54. The fourth-order valence-electron chi connectivity index (χ4n) is 7.90. The van der Waals surface area contributed by atoms with Crippen LogP contribution in [0.15, 0.2) is 158 Å². The van der Waals surface area contributed by atoms with E-state index in [-0.39, 0.29) is 31.1 Å². The molecule has 0 spiro atoms. The van der Waals surface area contributed by atoms with Gasteiger partial charge in [-0.1, -0.05) is 249 Å². The fourth-order valence-corrected chi connectivity index (χ4v) is 7.90. The van der Waals surface area contributed by atoms with Crippen LogP contribution in [0.25, 0.3) is 0 Å². The first kappa shape index (κ1) is 72.0. The summed E-state index contributed by atoms with van der Waals surface area (Å²) in [6, 6.07) is 0. The third kappa shape index (κ3) is 61.8. The van der Waals surface area contributed by atoms with Crippen LogP contribution < -0.4 is 0 Å². The minimum Gasteiger partial charge on any atom is -0.462 e. The van der Waals surface area contributed by atoms with Crippen LogP contribution in [0.2, 0.25) is 0 Å². The zero-order valence-corrected chi connectivity index (χ0v) is 49.4. The smallest absolute Gasteiger partial charge is 0.306 e. The largest absolute Gasteiger partial charge is 0.462 e. The molecule has 6 nitrogen and oxygen atoms in total. The maximum absolute atomic E-state index is 12.9. The van der Waals surface area contributed by atoms with Gasteiger partial charge < -0.3 is 14.2 Å². The highest BCUT2D eigenvalue weighted by atomic mass is 16.6. The number of unbranched alkanes of at least 4 members (excludes halogenated alkanes) is 17. The Hall–Kier alpha value is -4.97. The number of hydrogen-bond acceptors (Lipinski definition) is 6. The first-order valence-corrected chi connectivity index (χ1v) is 31.0. The van der Waals surface area contributed by atoms with Gasteiger partial charge in [0.05, 0.1) is 0 Å². The molecule has 0 radical (unpaired) electrons. The van der Waals surface area contributed by atoms with Crippen molar-refractivity contribution in [1.82, 2.24) is 0 Å². The van der Waals surface area contributed by atoms with Crippen molar-refractivity contribution in [2.75, 3.05) is 13.2 Å². The third-order valence-electron chi connectivity index (χ3n) is 12.5. The van der Waals surface area contributed by atoms with E-state index in [2.05, 4.69) is 179 Å². The van der Waals surface area contributed by atoms with Crippen LogP contribution in [0.1, 0.15) is 252 Å². The molecule has 0 aromatic rings. The fraction of sp³-hybridized carbons (Fsp3) is 0.592. The van der Waals surface area contributed by atoms with Gasteiger partial charge >= 0.3 is 17.9 Å². The molecule has 0 aromatic heterocycles. The molecule has 0 aromatic carbocycles. The van der Waals surface area contributed by atoms with E-state index in [0.29, 0.717) is 19.3 Å². The van der Waals surface area contributed by atoms with Gasteiger partial charge in [-0.3, -0.25) is 14.4 Å². The highest BCUT2D eigenvalue weighted by molar-refractivity contribution is 5.71. The molecule has 0 heterocycles. The summed E-state index contributed by atoms with van der Waals surface area (Å²) in [7, 11) is 0. The van der Waals surface area contributed by atoms with E-state index in [1.807, 2.05) is 0 Å². The van der Waals surface area contributed by atoms with Crippen molar-refractivity contribution in [1.29, 1.82) is 0 Å². The molecule has 0 aliphatic carbocycles. The van der Waals surface area contributed by atoms with Crippen molar-refractivity contribution in [3.05, 3.63) is 158 Å². The topological polar surface area (TPSA) is 78.9 Å². The minimum absolute atomic E-state index is 0.103. The van der Waals surface area contributed by atoms with Crippen LogP contribution in [0.5, 0.6) is 0 Å². The van der Waals surface area contributed by atoms with Gasteiger partial charge in [0.2, 0.25) is 0 Å². The lowest BCUT2D eigenvalue weighted by Crippen LogP contribution is -2.30. The predicted octanol–water partition coefficient (Wildman–Crippen LogP) is 21.3. The molecule has 0 N–H and O–H groups in total. The third-order valence-corrected chi connectivity index (χ3v) is 12.5. The van der Waals surface area contributed by atoms with Crippen molar-refractivity contribution in [2.45, 2.75) is 258 Å². The lowest BCUT2D eigenvalue weighted by Gasteiger charge is -2.18. The Morgan fingerprint density at radius 1 is 0.273 bits per heavy atom. The summed E-state index contributed by atoms with van der Waals surface area (Å²) in [6.45, 7) is 6.32. The molecule has 0 bridgehead atoms. The van der Waals surface area contributed by atoms with Gasteiger partial charge in [0.25, 0.3) is 0 Å². The SMILES string of the molecule is CC/C=C\C/C=C\C/C=C\C/C=C\C/C=C\C/C=C\C/C=C\CCCCCCCC(=O)OCC(COC(=O)CCCCCCC/C=C\CCCC)OC(=O)CCCCCCC/C=C\C/C=C\C/C=C\C/C=C\C/C=C\CC. The second-order valence-electron chi connectivity index (χ2n) is 19.8. The first-order valence-electron chi connectivity index (χ1n) is 31.0. The van der Waals surface area contributed by atoms with Crippen molar-refractivity contribution >= 4 is 17.9 Å². The first-order chi connectivity index (χ1) is 38.0. The Morgan fingerprint density at radius 3 is 0.805 bits per heavy atom.